The molecule has 28 heavy (non-hydrogen) atoms. The predicted octanol–water partition coefficient (Wildman–Crippen LogP) is 3.03. The molecule has 6 heteroatoms. The quantitative estimate of drug-likeness (QED) is 0.741. The van der Waals surface area contributed by atoms with Crippen molar-refractivity contribution < 1.29 is 5.11 Å². The van der Waals surface area contributed by atoms with Crippen LogP contribution in [0.4, 0.5) is 5.69 Å². The number of benzene rings is 1. The number of aryl methyl sites for hydroxylation is 1. The maximum atomic E-state index is 10.8. The minimum Gasteiger partial charge on any atom is -0.493 e. The predicted molar refractivity (Wildman–Crippen MR) is 111 cm³/mol. The van der Waals surface area contributed by atoms with Gasteiger partial charge in [-0.2, -0.15) is 9.78 Å². The molecule has 1 aliphatic carbocycles. The summed E-state index contributed by atoms with van der Waals surface area (Å²) in [5, 5.41) is 15.4. The summed E-state index contributed by atoms with van der Waals surface area (Å²) in [6.45, 7) is 0.886. The summed E-state index contributed by atoms with van der Waals surface area (Å²) in [6, 6.07) is 14.7. The molecule has 1 atom stereocenters. The standard InChI is InChI=1S/C22H27N5O/c1-25(2)17-8-6-7-16(13-17)15-26(3)18-10-11-20-19(14-18)22(28)27(24-20)21-9-4-5-12-23-21/h4-9,12-13,18,28H,10-11,14-15H2,1-3H3. The Morgan fingerprint density at radius 2 is 2.00 bits per heavy atom. The Labute approximate surface area is 166 Å². The third-order valence-corrected chi connectivity index (χ3v) is 5.54. The highest BCUT2D eigenvalue weighted by Crippen LogP contribution is 2.32. The van der Waals surface area contributed by atoms with Crippen molar-refractivity contribution in [3.05, 3.63) is 65.5 Å². The zero-order chi connectivity index (χ0) is 19.7. The van der Waals surface area contributed by atoms with Crippen LogP contribution < -0.4 is 4.90 Å². The fourth-order valence-electron chi connectivity index (χ4n) is 3.90. The van der Waals surface area contributed by atoms with E-state index in [4.69, 9.17) is 0 Å². The number of pyridine rings is 1. The van der Waals surface area contributed by atoms with Gasteiger partial charge in [-0.15, -0.1) is 0 Å². The second-order valence-corrected chi connectivity index (χ2v) is 7.72. The Kier molecular flexibility index (Phi) is 5.05. The number of hydrogen-bond donors (Lipinski definition) is 1. The summed E-state index contributed by atoms with van der Waals surface area (Å²) in [5.74, 6) is 0.876. The van der Waals surface area contributed by atoms with Crippen molar-refractivity contribution in [2.45, 2.75) is 31.8 Å². The van der Waals surface area contributed by atoms with E-state index in [9.17, 15) is 5.11 Å². The lowest BCUT2D eigenvalue weighted by atomic mass is 9.92. The number of nitrogens with zero attached hydrogens (tertiary/aromatic N) is 5. The number of aromatic hydroxyl groups is 1. The smallest absolute Gasteiger partial charge is 0.219 e. The zero-order valence-corrected chi connectivity index (χ0v) is 16.7. The molecular weight excluding hydrogens is 350 g/mol. The molecule has 0 spiro atoms. The van der Waals surface area contributed by atoms with E-state index in [0.29, 0.717) is 11.9 Å². The van der Waals surface area contributed by atoms with Gasteiger partial charge in [-0.25, -0.2) is 4.98 Å². The molecule has 0 aliphatic heterocycles. The fourth-order valence-corrected chi connectivity index (χ4v) is 3.90. The highest BCUT2D eigenvalue weighted by Gasteiger charge is 2.29. The summed E-state index contributed by atoms with van der Waals surface area (Å²) in [7, 11) is 6.29. The highest BCUT2D eigenvalue weighted by atomic mass is 16.3. The van der Waals surface area contributed by atoms with Gasteiger partial charge in [-0.1, -0.05) is 18.2 Å². The van der Waals surface area contributed by atoms with Crippen LogP contribution in [0.3, 0.4) is 0 Å². The molecule has 0 bridgehead atoms. The molecule has 0 amide bonds. The van der Waals surface area contributed by atoms with Gasteiger partial charge in [0.15, 0.2) is 5.82 Å². The van der Waals surface area contributed by atoms with Crippen molar-refractivity contribution in [1.29, 1.82) is 0 Å². The van der Waals surface area contributed by atoms with Crippen LogP contribution >= 0.6 is 0 Å². The summed E-state index contributed by atoms with van der Waals surface area (Å²) in [5.41, 5.74) is 4.46. The lowest BCUT2D eigenvalue weighted by molar-refractivity contribution is 0.212. The van der Waals surface area contributed by atoms with E-state index in [0.717, 1.165) is 37.1 Å². The number of hydrogen-bond acceptors (Lipinski definition) is 5. The molecule has 2 heterocycles. The van der Waals surface area contributed by atoms with Gasteiger partial charge in [0.2, 0.25) is 5.88 Å². The van der Waals surface area contributed by atoms with E-state index in [2.05, 4.69) is 65.3 Å². The molecule has 146 valence electrons. The third-order valence-electron chi connectivity index (χ3n) is 5.54. The average Bonchev–Trinajstić information content (AvgIpc) is 3.05. The van der Waals surface area contributed by atoms with Crippen LogP contribution in [0.5, 0.6) is 5.88 Å². The van der Waals surface area contributed by atoms with Crippen LogP contribution in [0.25, 0.3) is 5.82 Å². The summed E-state index contributed by atoms with van der Waals surface area (Å²) in [6.07, 6.45) is 4.43. The number of likely N-dealkylation sites (N-methyl/N-ethyl adjacent to an activating group) is 1. The second-order valence-electron chi connectivity index (χ2n) is 7.72. The summed E-state index contributed by atoms with van der Waals surface area (Å²) >= 11 is 0. The zero-order valence-electron chi connectivity index (χ0n) is 16.7. The monoisotopic (exact) mass is 377 g/mol. The minimum atomic E-state index is 0.224. The van der Waals surface area contributed by atoms with Gasteiger partial charge in [0.25, 0.3) is 0 Å². The van der Waals surface area contributed by atoms with Crippen molar-refractivity contribution in [3.63, 3.8) is 0 Å². The number of anilines is 1. The van der Waals surface area contributed by atoms with Crippen molar-refractivity contribution in [2.75, 3.05) is 26.0 Å². The SMILES string of the molecule is CN(C)c1cccc(CN(C)C2CCc3nn(-c4ccccn4)c(O)c3C2)c1. The fraction of sp³-hybridized carbons (Fsp3) is 0.364. The lowest BCUT2D eigenvalue weighted by Gasteiger charge is -2.31. The molecule has 0 saturated carbocycles. The largest absolute Gasteiger partial charge is 0.493 e. The van der Waals surface area contributed by atoms with Gasteiger partial charge in [0.05, 0.1) is 5.69 Å². The van der Waals surface area contributed by atoms with Crippen LogP contribution in [0.1, 0.15) is 23.2 Å². The van der Waals surface area contributed by atoms with E-state index in [1.807, 2.05) is 18.2 Å². The first-order valence-electron chi connectivity index (χ1n) is 9.70. The first-order chi connectivity index (χ1) is 13.5. The highest BCUT2D eigenvalue weighted by molar-refractivity contribution is 5.47. The Bertz CT molecular complexity index is 951. The molecule has 1 N–H and O–H groups in total. The van der Waals surface area contributed by atoms with Crippen molar-refractivity contribution in [1.82, 2.24) is 19.7 Å². The van der Waals surface area contributed by atoms with Crippen molar-refractivity contribution in [3.8, 4) is 11.7 Å². The molecule has 2 aromatic heterocycles. The Balaban J connectivity index is 1.51. The first kappa shape index (κ1) is 18.5. The molecule has 1 aromatic carbocycles. The molecule has 3 aromatic rings. The Hall–Kier alpha value is -2.86. The Morgan fingerprint density at radius 1 is 1.14 bits per heavy atom. The number of fused-ring (bicyclic) bond motifs is 1. The maximum Gasteiger partial charge on any atom is 0.219 e. The molecule has 6 nitrogen and oxygen atoms in total. The molecule has 1 aliphatic rings. The van der Waals surface area contributed by atoms with Gasteiger partial charge >= 0.3 is 0 Å². The van der Waals surface area contributed by atoms with Gasteiger partial charge in [-0.05, 0) is 56.1 Å². The average molecular weight is 377 g/mol. The molecular formula is C22H27N5O. The minimum absolute atomic E-state index is 0.224. The van der Waals surface area contributed by atoms with Gasteiger partial charge in [0.1, 0.15) is 0 Å². The van der Waals surface area contributed by atoms with Gasteiger partial charge in [0, 0.05) is 44.1 Å². The van der Waals surface area contributed by atoms with Crippen LogP contribution in [0.2, 0.25) is 0 Å². The normalized spacial score (nSPS) is 16.2. The van der Waals surface area contributed by atoms with E-state index in [1.54, 1.807) is 10.9 Å². The molecule has 0 radical (unpaired) electrons. The van der Waals surface area contributed by atoms with E-state index >= 15 is 0 Å². The second kappa shape index (κ2) is 7.64. The van der Waals surface area contributed by atoms with E-state index in [-0.39, 0.29) is 5.88 Å². The Morgan fingerprint density at radius 3 is 2.75 bits per heavy atom. The molecule has 0 saturated heterocycles. The van der Waals surface area contributed by atoms with Crippen molar-refractivity contribution in [2.24, 2.45) is 0 Å². The number of aromatic nitrogens is 3. The van der Waals surface area contributed by atoms with Crippen LogP contribution in [0.15, 0.2) is 48.7 Å². The molecule has 1 unspecified atom stereocenters. The molecule has 4 rings (SSSR count). The van der Waals surface area contributed by atoms with E-state index < -0.39 is 0 Å². The first-order valence-corrected chi connectivity index (χ1v) is 9.70. The van der Waals surface area contributed by atoms with E-state index in [1.165, 1.54) is 11.3 Å². The van der Waals surface area contributed by atoms with Gasteiger partial charge in [-0.3, -0.25) is 4.90 Å². The van der Waals surface area contributed by atoms with Gasteiger partial charge < -0.3 is 10.0 Å². The number of rotatable bonds is 5. The summed E-state index contributed by atoms with van der Waals surface area (Å²) < 4.78 is 1.56. The van der Waals surface area contributed by atoms with Crippen molar-refractivity contribution >= 4 is 5.69 Å². The van der Waals surface area contributed by atoms with Crippen LogP contribution in [-0.4, -0.2) is 52.0 Å². The van der Waals surface area contributed by atoms with Crippen LogP contribution in [0, 0.1) is 0 Å². The third kappa shape index (κ3) is 3.60. The lowest BCUT2D eigenvalue weighted by Crippen LogP contribution is -2.35. The maximum absolute atomic E-state index is 10.8. The van der Waals surface area contributed by atoms with Crippen LogP contribution in [-0.2, 0) is 19.4 Å². The molecule has 0 fully saturated rings. The topological polar surface area (TPSA) is 57.4 Å². The summed E-state index contributed by atoms with van der Waals surface area (Å²) in [4.78, 5) is 8.82.